The highest BCUT2D eigenvalue weighted by atomic mass is 16.3. The molecule has 0 spiro atoms. The van der Waals surface area contributed by atoms with E-state index in [-0.39, 0.29) is 12.5 Å². The summed E-state index contributed by atoms with van der Waals surface area (Å²) in [5.41, 5.74) is 5.36. The van der Waals surface area contributed by atoms with Crippen LogP contribution in [0.5, 0.6) is 0 Å². The van der Waals surface area contributed by atoms with Crippen LogP contribution in [0.4, 0.5) is 0 Å². The number of likely N-dealkylation sites (tertiary alicyclic amines) is 1. The summed E-state index contributed by atoms with van der Waals surface area (Å²) in [4.78, 5) is 13.5. The van der Waals surface area contributed by atoms with E-state index in [0.717, 1.165) is 32.2 Å². The normalized spacial score (nSPS) is 21.6. The lowest BCUT2D eigenvalue weighted by molar-refractivity contribution is -0.131. The predicted octanol–water partition coefficient (Wildman–Crippen LogP) is 0.0987. The quantitative estimate of drug-likeness (QED) is 0.661. The van der Waals surface area contributed by atoms with Crippen molar-refractivity contribution in [3.8, 4) is 0 Å². The zero-order valence-corrected chi connectivity index (χ0v) is 8.61. The van der Waals surface area contributed by atoms with E-state index in [9.17, 15) is 4.79 Å². The van der Waals surface area contributed by atoms with Gasteiger partial charge in [0.1, 0.15) is 0 Å². The smallest absolute Gasteiger partial charge is 0.224 e. The van der Waals surface area contributed by atoms with Crippen LogP contribution in [0.15, 0.2) is 0 Å². The fraction of sp³-hybridized carbons (Fsp3) is 0.900. The van der Waals surface area contributed by atoms with Gasteiger partial charge in [0.2, 0.25) is 5.91 Å². The van der Waals surface area contributed by atoms with Crippen LogP contribution in [0.25, 0.3) is 0 Å². The summed E-state index contributed by atoms with van der Waals surface area (Å²) >= 11 is 0. The number of hydrogen-bond donors (Lipinski definition) is 2. The number of rotatable bonds is 5. The maximum Gasteiger partial charge on any atom is 0.224 e. The number of hydrogen-bond acceptors (Lipinski definition) is 3. The van der Waals surface area contributed by atoms with Crippen molar-refractivity contribution in [2.45, 2.75) is 38.1 Å². The third-order valence-electron chi connectivity index (χ3n) is 2.75. The average Bonchev–Trinajstić information content (AvgIpc) is 2.63. The van der Waals surface area contributed by atoms with Crippen LogP contribution in [-0.2, 0) is 4.79 Å². The Hall–Kier alpha value is -0.610. The monoisotopic (exact) mass is 200 g/mol. The van der Waals surface area contributed by atoms with Gasteiger partial charge in [-0.1, -0.05) is 0 Å². The Morgan fingerprint density at radius 1 is 1.57 bits per heavy atom. The van der Waals surface area contributed by atoms with Crippen molar-refractivity contribution in [3.63, 3.8) is 0 Å². The number of nitrogens with two attached hydrogens (primary N) is 1. The second kappa shape index (κ2) is 5.98. The Balaban J connectivity index is 2.38. The molecule has 0 aliphatic carbocycles. The molecule has 3 N–H and O–H groups in total. The van der Waals surface area contributed by atoms with Gasteiger partial charge in [0, 0.05) is 32.2 Å². The van der Waals surface area contributed by atoms with Gasteiger partial charge in [0.05, 0.1) is 0 Å². The van der Waals surface area contributed by atoms with E-state index in [1.54, 1.807) is 0 Å². The Morgan fingerprint density at radius 3 is 3.00 bits per heavy atom. The molecular weight excluding hydrogens is 180 g/mol. The summed E-state index contributed by atoms with van der Waals surface area (Å²) in [6.45, 7) is 1.52. The van der Waals surface area contributed by atoms with E-state index in [2.05, 4.69) is 0 Å². The van der Waals surface area contributed by atoms with E-state index in [0.29, 0.717) is 19.0 Å². The van der Waals surface area contributed by atoms with Crippen LogP contribution < -0.4 is 5.73 Å². The number of carbonyl (C=O) groups is 1. The van der Waals surface area contributed by atoms with Gasteiger partial charge < -0.3 is 15.7 Å². The summed E-state index contributed by atoms with van der Waals surface area (Å²) in [5, 5.41) is 8.73. The van der Waals surface area contributed by atoms with Crippen molar-refractivity contribution in [2.75, 3.05) is 19.7 Å². The van der Waals surface area contributed by atoms with Crippen molar-refractivity contribution in [2.24, 2.45) is 5.73 Å². The number of aliphatic hydroxyl groups excluding tert-OH is 1. The van der Waals surface area contributed by atoms with Crippen molar-refractivity contribution in [3.05, 3.63) is 0 Å². The summed E-state index contributed by atoms with van der Waals surface area (Å²) in [6, 6.07) is 0.348. The van der Waals surface area contributed by atoms with Gasteiger partial charge in [0.15, 0.2) is 0 Å². The molecule has 1 amide bonds. The summed E-state index contributed by atoms with van der Waals surface area (Å²) in [6.07, 6.45) is 4.34. The Labute approximate surface area is 85.1 Å². The third-order valence-corrected chi connectivity index (χ3v) is 2.75. The van der Waals surface area contributed by atoms with Crippen LogP contribution in [0.2, 0.25) is 0 Å². The van der Waals surface area contributed by atoms with Gasteiger partial charge in [-0.2, -0.15) is 0 Å². The van der Waals surface area contributed by atoms with Crippen molar-refractivity contribution in [1.82, 2.24) is 4.90 Å². The van der Waals surface area contributed by atoms with E-state index in [1.165, 1.54) is 0 Å². The Bertz CT molecular complexity index is 185. The first-order valence-corrected chi connectivity index (χ1v) is 5.40. The molecule has 0 saturated carbocycles. The molecule has 1 aliphatic heterocycles. The molecule has 82 valence electrons. The maximum atomic E-state index is 11.6. The molecule has 0 aromatic heterocycles. The highest BCUT2D eigenvalue weighted by Gasteiger charge is 2.27. The number of aliphatic hydroxyl groups is 1. The summed E-state index contributed by atoms with van der Waals surface area (Å²) in [7, 11) is 0. The lowest BCUT2D eigenvalue weighted by Crippen LogP contribution is -2.36. The van der Waals surface area contributed by atoms with Crippen LogP contribution in [-0.4, -0.2) is 41.7 Å². The SMILES string of the molecule is NCCC(=O)N1CCCC1CCCO. The minimum Gasteiger partial charge on any atom is -0.396 e. The third kappa shape index (κ3) is 2.96. The van der Waals surface area contributed by atoms with Gasteiger partial charge in [-0.3, -0.25) is 4.79 Å². The lowest BCUT2D eigenvalue weighted by Gasteiger charge is -2.24. The number of nitrogens with zero attached hydrogens (tertiary/aromatic N) is 1. The first-order valence-electron chi connectivity index (χ1n) is 5.40. The molecule has 1 atom stereocenters. The molecule has 1 heterocycles. The fourth-order valence-corrected chi connectivity index (χ4v) is 2.06. The first-order chi connectivity index (χ1) is 6.79. The molecule has 0 aromatic rings. The average molecular weight is 200 g/mol. The largest absolute Gasteiger partial charge is 0.396 e. The zero-order valence-electron chi connectivity index (χ0n) is 8.61. The van der Waals surface area contributed by atoms with E-state index in [1.807, 2.05) is 4.90 Å². The van der Waals surface area contributed by atoms with Crippen LogP contribution in [0, 0.1) is 0 Å². The van der Waals surface area contributed by atoms with Gasteiger partial charge >= 0.3 is 0 Å². The molecule has 4 nitrogen and oxygen atoms in total. The lowest BCUT2D eigenvalue weighted by atomic mass is 10.1. The van der Waals surface area contributed by atoms with Gasteiger partial charge in [0.25, 0.3) is 0 Å². The van der Waals surface area contributed by atoms with Crippen LogP contribution >= 0.6 is 0 Å². The number of carbonyl (C=O) groups excluding carboxylic acids is 1. The molecule has 1 saturated heterocycles. The minimum absolute atomic E-state index is 0.174. The number of amides is 1. The molecule has 0 aromatic carbocycles. The fourth-order valence-electron chi connectivity index (χ4n) is 2.06. The van der Waals surface area contributed by atoms with Crippen molar-refractivity contribution in [1.29, 1.82) is 0 Å². The van der Waals surface area contributed by atoms with E-state index in [4.69, 9.17) is 10.8 Å². The van der Waals surface area contributed by atoms with Crippen molar-refractivity contribution >= 4 is 5.91 Å². The Morgan fingerprint density at radius 2 is 2.36 bits per heavy atom. The van der Waals surface area contributed by atoms with Crippen LogP contribution in [0.3, 0.4) is 0 Å². The summed E-state index contributed by atoms with van der Waals surface area (Å²) in [5.74, 6) is 0.174. The van der Waals surface area contributed by atoms with E-state index < -0.39 is 0 Å². The van der Waals surface area contributed by atoms with Crippen molar-refractivity contribution < 1.29 is 9.90 Å². The second-order valence-electron chi connectivity index (χ2n) is 3.79. The highest BCUT2D eigenvalue weighted by Crippen LogP contribution is 2.21. The maximum absolute atomic E-state index is 11.6. The van der Waals surface area contributed by atoms with Gasteiger partial charge in [-0.05, 0) is 25.7 Å². The second-order valence-corrected chi connectivity index (χ2v) is 3.79. The molecule has 14 heavy (non-hydrogen) atoms. The molecule has 1 unspecified atom stereocenters. The van der Waals surface area contributed by atoms with E-state index >= 15 is 0 Å². The molecular formula is C10H20N2O2. The molecule has 1 aliphatic rings. The zero-order chi connectivity index (χ0) is 10.4. The molecule has 4 heteroatoms. The molecule has 1 fully saturated rings. The molecule has 0 radical (unpaired) electrons. The topological polar surface area (TPSA) is 66.6 Å². The summed E-state index contributed by atoms with van der Waals surface area (Å²) < 4.78 is 0. The highest BCUT2D eigenvalue weighted by molar-refractivity contribution is 5.77. The van der Waals surface area contributed by atoms with Crippen LogP contribution in [0.1, 0.15) is 32.1 Å². The Kier molecular flexibility index (Phi) is 4.90. The first kappa shape index (κ1) is 11.5. The molecule has 0 bridgehead atoms. The minimum atomic E-state index is 0.174. The van der Waals surface area contributed by atoms with Gasteiger partial charge in [-0.15, -0.1) is 0 Å². The molecule has 1 rings (SSSR count). The van der Waals surface area contributed by atoms with Gasteiger partial charge in [-0.25, -0.2) is 0 Å². The predicted molar refractivity (Wildman–Crippen MR) is 54.7 cm³/mol. The standard InChI is InChI=1S/C10H20N2O2/c11-6-5-10(14)12-7-1-3-9(12)4-2-8-13/h9,13H,1-8,11H2.